The van der Waals surface area contributed by atoms with E-state index in [1.165, 1.54) is 30.6 Å². The standard InChI is InChI=1S/C22H22F4N6O/c1-14(5-8-19-27-11-16(12-28-19)22(24,25)26)31(13-15-6-7-15)21(33)17-3-2-4-18(23)20(17)32-29-9-10-30-32/h2-4,9-12,14-15H,5-8,13H2,1H3/t14-/m0/s1. The lowest BCUT2D eigenvalue weighted by molar-refractivity contribution is -0.138. The van der Waals surface area contributed by atoms with Gasteiger partial charge in [0.2, 0.25) is 0 Å². The van der Waals surface area contributed by atoms with Gasteiger partial charge in [-0.15, -0.1) is 4.80 Å². The molecular formula is C22H22F4N6O. The molecule has 0 spiro atoms. The van der Waals surface area contributed by atoms with Crippen LogP contribution in [0.3, 0.4) is 0 Å². The number of aryl methyl sites for hydroxylation is 1. The highest BCUT2D eigenvalue weighted by molar-refractivity contribution is 5.98. The third kappa shape index (κ3) is 5.35. The summed E-state index contributed by atoms with van der Waals surface area (Å²) in [5.74, 6) is -0.330. The Morgan fingerprint density at radius 1 is 1.18 bits per heavy atom. The van der Waals surface area contributed by atoms with Gasteiger partial charge < -0.3 is 4.90 Å². The second-order valence-electron chi connectivity index (χ2n) is 8.13. The average Bonchev–Trinajstić information content (AvgIpc) is 3.45. The monoisotopic (exact) mass is 462 g/mol. The Balaban J connectivity index is 1.53. The number of amides is 1. The molecule has 1 fully saturated rings. The molecule has 4 rings (SSSR count). The van der Waals surface area contributed by atoms with Crippen molar-refractivity contribution in [1.82, 2.24) is 29.9 Å². The first-order valence-electron chi connectivity index (χ1n) is 10.6. The molecule has 1 aromatic carbocycles. The molecule has 0 radical (unpaired) electrons. The minimum absolute atomic E-state index is 0.0217. The number of hydrogen-bond acceptors (Lipinski definition) is 5. The van der Waals surface area contributed by atoms with Crippen LogP contribution in [0.5, 0.6) is 0 Å². The molecule has 0 N–H and O–H groups in total. The lowest BCUT2D eigenvalue weighted by Crippen LogP contribution is -2.41. The predicted molar refractivity (Wildman–Crippen MR) is 110 cm³/mol. The molecule has 1 aliphatic carbocycles. The lowest BCUT2D eigenvalue weighted by atomic mass is 10.1. The van der Waals surface area contributed by atoms with Gasteiger partial charge in [0, 0.05) is 31.4 Å². The van der Waals surface area contributed by atoms with Gasteiger partial charge in [-0.25, -0.2) is 14.4 Å². The van der Waals surface area contributed by atoms with Crippen molar-refractivity contribution in [2.75, 3.05) is 6.54 Å². The lowest BCUT2D eigenvalue weighted by Gasteiger charge is -2.30. The largest absolute Gasteiger partial charge is 0.419 e. The first-order chi connectivity index (χ1) is 15.7. The van der Waals surface area contributed by atoms with E-state index in [9.17, 15) is 22.4 Å². The second-order valence-corrected chi connectivity index (χ2v) is 8.13. The number of para-hydroxylation sites is 1. The highest BCUT2D eigenvalue weighted by Crippen LogP contribution is 2.32. The van der Waals surface area contributed by atoms with Crippen LogP contribution in [0, 0.1) is 11.7 Å². The van der Waals surface area contributed by atoms with E-state index in [2.05, 4.69) is 20.2 Å². The van der Waals surface area contributed by atoms with Crippen LogP contribution >= 0.6 is 0 Å². The van der Waals surface area contributed by atoms with E-state index in [4.69, 9.17) is 0 Å². The molecule has 33 heavy (non-hydrogen) atoms. The zero-order valence-electron chi connectivity index (χ0n) is 17.8. The number of alkyl halides is 3. The number of aromatic nitrogens is 5. The second kappa shape index (κ2) is 9.24. The molecule has 11 heteroatoms. The summed E-state index contributed by atoms with van der Waals surface area (Å²) in [6.45, 7) is 2.37. The number of hydrogen-bond donors (Lipinski definition) is 0. The molecule has 7 nitrogen and oxygen atoms in total. The van der Waals surface area contributed by atoms with Crippen LogP contribution in [-0.2, 0) is 12.6 Å². The van der Waals surface area contributed by atoms with Crippen molar-refractivity contribution in [1.29, 1.82) is 0 Å². The highest BCUT2D eigenvalue weighted by Gasteiger charge is 2.33. The number of nitrogens with zero attached hydrogens (tertiary/aromatic N) is 6. The number of carbonyl (C=O) groups is 1. The summed E-state index contributed by atoms with van der Waals surface area (Å²) in [5, 5.41) is 7.93. The zero-order valence-corrected chi connectivity index (χ0v) is 17.8. The normalized spacial score (nSPS) is 14.8. The minimum atomic E-state index is -4.49. The predicted octanol–water partition coefficient (Wildman–Crippen LogP) is 4.09. The van der Waals surface area contributed by atoms with Gasteiger partial charge in [0.1, 0.15) is 11.5 Å². The summed E-state index contributed by atoms with van der Waals surface area (Å²) in [6.07, 6.45) is 2.58. The van der Waals surface area contributed by atoms with Crippen molar-refractivity contribution >= 4 is 5.91 Å². The van der Waals surface area contributed by atoms with Gasteiger partial charge in [-0.3, -0.25) is 4.79 Å². The van der Waals surface area contributed by atoms with Crippen LogP contribution < -0.4 is 0 Å². The summed E-state index contributed by atoms with van der Waals surface area (Å²) in [4.78, 5) is 23.9. The van der Waals surface area contributed by atoms with Gasteiger partial charge in [0.05, 0.1) is 23.5 Å². The van der Waals surface area contributed by atoms with Crippen molar-refractivity contribution in [2.45, 2.75) is 44.8 Å². The molecule has 1 atom stereocenters. The zero-order chi connectivity index (χ0) is 23.6. The number of halogens is 4. The summed E-state index contributed by atoms with van der Waals surface area (Å²) < 4.78 is 52.8. The number of benzene rings is 1. The van der Waals surface area contributed by atoms with E-state index < -0.39 is 17.6 Å². The van der Waals surface area contributed by atoms with Gasteiger partial charge in [-0.2, -0.15) is 23.4 Å². The Bertz CT molecular complexity index is 1100. The Kier molecular flexibility index (Phi) is 6.39. The first kappa shape index (κ1) is 22.8. The van der Waals surface area contributed by atoms with Crippen molar-refractivity contribution in [3.63, 3.8) is 0 Å². The van der Waals surface area contributed by atoms with Gasteiger partial charge in [0.25, 0.3) is 5.91 Å². The van der Waals surface area contributed by atoms with Gasteiger partial charge in [0.15, 0.2) is 5.82 Å². The molecule has 2 heterocycles. The summed E-state index contributed by atoms with van der Waals surface area (Å²) >= 11 is 0. The van der Waals surface area contributed by atoms with E-state index in [1.54, 1.807) is 4.90 Å². The molecule has 1 amide bonds. The van der Waals surface area contributed by atoms with Crippen LogP contribution in [0.15, 0.2) is 43.0 Å². The van der Waals surface area contributed by atoms with Crippen molar-refractivity contribution in [3.05, 3.63) is 65.8 Å². The molecule has 174 valence electrons. The Hall–Kier alpha value is -3.37. The topological polar surface area (TPSA) is 76.8 Å². The quantitative estimate of drug-likeness (QED) is 0.472. The number of carbonyl (C=O) groups excluding carboxylic acids is 1. The van der Waals surface area contributed by atoms with Gasteiger partial charge in [-0.05, 0) is 44.2 Å². The maximum Gasteiger partial charge on any atom is 0.419 e. The SMILES string of the molecule is C[C@@H](CCc1ncc(C(F)(F)F)cn1)N(CC1CC1)C(=O)c1cccc(F)c1-n1nccn1. The Morgan fingerprint density at radius 2 is 1.85 bits per heavy atom. The van der Waals surface area contributed by atoms with E-state index in [-0.39, 0.29) is 29.0 Å². The molecule has 1 saturated carbocycles. The van der Waals surface area contributed by atoms with E-state index in [0.29, 0.717) is 25.3 Å². The summed E-state index contributed by atoms with van der Waals surface area (Å²) in [5.41, 5.74) is -0.785. The van der Waals surface area contributed by atoms with Crippen molar-refractivity contribution in [3.8, 4) is 5.69 Å². The average molecular weight is 462 g/mol. The maximum absolute atomic E-state index is 14.6. The van der Waals surface area contributed by atoms with Crippen molar-refractivity contribution in [2.24, 2.45) is 5.92 Å². The third-order valence-corrected chi connectivity index (χ3v) is 5.60. The molecule has 0 unspecified atom stereocenters. The Morgan fingerprint density at radius 3 is 2.45 bits per heavy atom. The minimum Gasteiger partial charge on any atom is -0.336 e. The fraction of sp³-hybridized carbons (Fsp3) is 0.409. The molecule has 0 saturated heterocycles. The van der Waals surface area contributed by atoms with Crippen LogP contribution in [0.1, 0.15) is 47.9 Å². The fourth-order valence-corrected chi connectivity index (χ4v) is 3.54. The summed E-state index contributed by atoms with van der Waals surface area (Å²) in [6, 6.07) is 3.97. The van der Waals surface area contributed by atoms with Crippen LogP contribution in [0.4, 0.5) is 17.6 Å². The maximum atomic E-state index is 14.6. The molecular weight excluding hydrogens is 440 g/mol. The van der Waals surface area contributed by atoms with E-state index in [1.807, 2.05) is 6.92 Å². The fourth-order valence-electron chi connectivity index (χ4n) is 3.54. The van der Waals surface area contributed by atoms with Crippen LogP contribution in [0.25, 0.3) is 5.69 Å². The van der Waals surface area contributed by atoms with Gasteiger partial charge in [-0.1, -0.05) is 6.07 Å². The van der Waals surface area contributed by atoms with Crippen LogP contribution in [0.2, 0.25) is 0 Å². The molecule has 3 aromatic rings. The third-order valence-electron chi connectivity index (χ3n) is 5.60. The Labute approximate surface area is 187 Å². The van der Waals surface area contributed by atoms with E-state index >= 15 is 0 Å². The van der Waals surface area contributed by atoms with Gasteiger partial charge >= 0.3 is 6.18 Å². The summed E-state index contributed by atoms with van der Waals surface area (Å²) in [7, 11) is 0. The highest BCUT2D eigenvalue weighted by atomic mass is 19.4. The number of rotatable bonds is 8. The molecule has 0 bridgehead atoms. The van der Waals surface area contributed by atoms with E-state index in [0.717, 1.165) is 30.0 Å². The molecule has 1 aliphatic rings. The molecule has 2 aromatic heterocycles. The molecule has 0 aliphatic heterocycles. The van der Waals surface area contributed by atoms with Crippen molar-refractivity contribution < 1.29 is 22.4 Å². The first-order valence-corrected chi connectivity index (χ1v) is 10.6. The smallest absolute Gasteiger partial charge is 0.336 e. The van der Waals surface area contributed by atoms with Crippen LogP contribution in [-0.4, -0.2) is 48.4 Å².